The zero-order chi connectivity index (χ0) is 22.0. The molecule has 2 aromatic carbocycles. The first-order valence-corrected chi connectivity index (χ1v) is 11.8. The van der Waals surface area contributed by atoms with Crippen LogP contribution in [0.4, 0.5) is 0 Å². The van der Waals surface area contributed by atoms with E-state index in [-0.39, 0.29) is 17.2 Å². The smallest absolute Gasteiger partial charge is 0.263 e. The van der Waals surface area contributed by atoms with Crippen molar-refractivity contribution in [2.45, 2.75) is 25.5 Å². The molecule has 2 heterocycles. The molecule has 0 aliphatic rings. The second-order valence-corrected chi connectivity index (χ2v) is 9.24. The number of aryl methyl sites for hydroxylation is 2. The van der Waals surface area contributed by atoms with E-state index in [0.29, 0.717) is 21.9 Å². The maximum absolute atomic E-state index is 13.1. The minimum absolute atomic E-state index is 0.0910. The van der Waals surface area contributed by atoms with Gasteiger partial charge in [-0.25, -0.2) is 4.98 Å². The van der Waals surface area contributed by atoms with Gasteiger partial charge in [-0.05, 0) is 36.1 Å². The third-order valence-electron chi connectivity index (χ3n) is 5.26. The standard InChI is InChI=1S/C24H23N3O2S2/c1-15-9-10-18(11-16(15)2)19-13-30-22-21(19)23(29)27(3)24(26-22)31-14-20(28)25-12-17-7-5-4-6-8-17/h4-11,13H,12,14H2,1-3H3,(H,25,28). The highest BCUT2D eigenvalue weighted by Gasteiger charge is 2.17. The van der Waals surface area contributed by atoms with Gasteiger partial charge in [-0.3, -0.25) is 14.2 Å². The van der Waals surface area contributed by atoms with Crippen molar-refractivity contribution in [2.24, 2.45) is 7.05 Å². The van der Waals surface area contributed by atoms with E-state index < -0.39 is 0 Å². The number of hydrogen-bond donors (Lipinski definition) is 1. The van der Waals surface area contributed by atoms with Gasteiger partial charge in [0.05, 0.1) is 11.1 Å². The molecule has 1 amide bonds. The molecule has 31 heavy (non-hydrogen) atoms. The van der Waals surface area contributed by atoms with Crippen LogP contribution in [0.25, 0.3) is 21.3 Å². The molecular weight excluding hydrogens is 426 g/mol. The van der Waals surface area contributed by atoms with E-state index in [9.17, 15) is 9.59 Å². The number of hydrogen-bond acceptors (Lipinski definition) is 5. The van der Waals surface area contributed by atoms with Gasteiger partial charge in [0.1, 0.15) is 4.83 Å². The van der Waals surface area contributed by atoms with E-state index in [1.165, 1.54) is 38.8 Å². The molecule has 7 heteroatoms. The van der Waals surface area contributed by atoms with Gasteiger partial charge < -0.3 is 5.32 Å². The minimum Gasteiger partial charge on any atom is -0.351 e. The molecule has 0 spiro atoms. The van der Waals surface area contributed by atoms with Crippen molar-refractivity contribution in [3.8, 4) is 11.1 Å². The Morgan fingerprint density at radius 2 is 1.90 bits per heavy atom. The molecule has 0 aliphatic heterocycles. The summed E-state index contributed by atoms with van der Waals surface area (Å²) in [6, 6.07) is 16.0. The SMILES string of the molecule is Cc1ccc(-c2csc3nc(SCC(=O)NCc4ccccc4)n(C)c(=O)c23)cc1C. The summed E-state index contributed by atoms with van der Waals surface area (Å²) in [5.74, 6) is 0.110. The summed E-state index contributed by atoms with van der Waals surface area (Å²) in [5, 5.41) is 6.07. The van der Waals surface area contributed by atoms with E-state index in [1.54, 1.807) is 7.05 Å². The summed E-state index contributed by atoms with van der Waals surface area (Å²) in [5.41, 5.74) is 5.30. The average molecular weight is 450 g/mol. The van der Waals surface area contributed by atoms with Crippen LogP contribution in [0, 0.1) is 13.8 Å². The van der Waals surface area contributed by atoms with Gasteiger partial charge in [-0.15, -0.1) is 11.3 Å². The van der Waals surface area contributed by atoms with Gasteiger partial charge in [-0.1, -0.05) is 60.3 Å². The Morgan fingerprint density at radius 1 is 1.13 bits per heavy atom. The predicted octanol–water partition coefficient (Wildman–Crippen LogP) is 4.69. The number of rotatable bonds is 6. The largest absolute Gasteiger partial charge is 0.351 e. The summed E-state index contributed by atoms with van der Waals surface area (Å²) < 4.78 is 1.54. The van der Waals surface area contributed by atoms with Gasteiger partial charge in [0.2, 0.25) is 5.91 Å². The summed E-state index contributed by atoms with van der Waals surface area (Å²) in [6.45, 7) is 4.63. The number of nitrogens with zero attached hydrogens (tertiary/aromatic N) is 2. The number of carbonyl (C=O) groups is 1. The maximum Gasteiger partial charge on any atom is 0.263 e. The molecule has 0 saturated carbocycles. The van der Waals surface area contributed by atoms with E-state index >= 15 is 0 Å². The zero-order valence-corrected chi connectivity index (χ0v) is 19.3. The minimum atomic E-state index is -0.0924. The van der Waals surface area contributed by atoms with Crippen molar-refractivity contribution >= 4 is 39.2 Å². The summed E-state index contributed by atoms with van der Waals surface area (Å²) in [7, 11) is 1.71. The van der Waals surface area contributed by atoms with Crippen molar-refractivity contribution in [1.29, 1.82) is 0 Å². The molecule has 2 aromatic heterocycles. The fraction of sp³-hybridized carbons (Fsp3) is 0.208. The number of amides is 1. The third kappa shape index (κ3) is 4.57. The normalized spacial score (nSPS) is 11.1. The van der Waals surface area contributed by atoms with Crippen molar-refractivity contribution in [3.05, 3.63) is 81.0 Å². The Morgan fingerprint density at radius 3 is 2.65 bits per heavy atom. The Hall–Kier alpha value is -2.90. The lowest BCUT2D eigenvalue weighted by atomic mass is 10.0. The number of aromatic nitrogens is 2. The molecule has 1 N–H and O–H groups in total. The third-order valence-corrected chi connectivity index (χ3v) is 7.16. The van der Waals surface area contributed by atoms with Crippen LogP contribution in [0.15, 0.2) is 63.9 Å². The van der Waals surface area contributed by atoms with Gasteiger partial charge in [0, 0.05) is 24.5 Å². The van der Waals surface area contributed by atoms with Gasteiger partial charge in [-0.2, -0.15) is 0 Å². The van der Waals surface area contributed by atoms with Crippen molar-refractivity contribution in [1.82, 2.24) is 14.9 Å². The second kappa shape index (κ2) is 9.08. The van der Waals surface area contributed by atoms with Gasteiger partial charge in [0.15, 0.2) is 5.16 Å². The topological polar surface area (TPSA) is 64.0 Å². The molecule has 0 radical (unpaired) electrons. The van der Waals surface area contributed by atoms with Crippen molar-refractivity contribution in [2.75, 3.05) is 5.75 Å². The molecular formula is C24H23N3O2S2. The highest BCUT2D eigenvalue weighted by molar-refractivity contribution is 7.99. The van der Waals surface area contributed by atoms with Crippen LogP contribution < -0.4 is 10.9 Å². The number of carbonyl (C=O) groups excluding carboxylic acids is 1. The van der Waals surface area contributed by atoms with E-state index in [0.717, 1.165) is 16.7 Å². The molecule has 0 saturated heterocycles. The summed E-state index contributed by atoms with van der Waals surface area (Å²) in [4.78, 5) is 30.8. The van der Waals surface area contributed by atoms with Crippen LogP contribution >= 0.6 is 23.1 Å². The molecule has 0 fully saturated rings. The number of thiophene rings is 1. The lowest BCUT2D eigenvalue weighted by Crippen LogP contribution is -2.25. The Balaban J connectivity index is 1.53. The van der Waals surface area contributed by atoms with Crippen molar-refractivity contribution < 1.29 is 4.79 Å². The van der Waals surface area contributed by atoms with E-state index in [1.807, 2.05) is 41.8 Å². The predicted molar refractivity (Wildman–Crippen MR) is 129 cm³/mol. The van der Waals surface area contributed by atoms with Gasteiger partial charge >= 0.3 is 0 Å². The van der Waals surface area contributed by atoms with Crippen LogP contribution in [0.5, 0.6) is 0 Å². The quantitative estimate of drug-likeness (QED) is 0.343. The molecule has 158 valence electrons. The lowest BCUT2D eigenvalue weighted by molar-refractivity contribution is -0.118. The second-order valence-electron chi connectivity index (χ2n) is 7.44. The Bertz CT molecular complexity index is 1310. The van der Waals surface area contributed by atoms with Crippen LogP contribution in [-0.4, -0.2) is 21.2 Å². The molecule has 4 aromatic rings. The molecule has 4 rings (SSSR count). The van der Waals surface area contributed by atoms with E-state index in [2.05, 4.69) is 36.3 Å². The van der Waals surface area contributed by atoms with E-state index in [4.69, 9.17) is 0 Å². The average Bonchev–Trinajstić information content (AvgIpc) is 3.20. The highest BCUT2D eigenvalue weighted by Crippen LogP contribution is 2.32. The molecule has 0 atom stereocenters. The lowest BCUT2D eigenvalue weighted by Gasteiger charge is -2.09. The fourth-order valence-electron chi connectivity index (χ4n) is 3.28. The zero-order valence-electron chi connectivity index (χ0n) is 17.6. The summed E-state index contributed by atoms with van der Waals surface area (Å²) in [6.07, 6.45) is 0. The first-order valence-electron chi connectivity index (χ1n) is 9.93. The van der Waals surface area contributed by atoms with Crippen LogP contribution in [0.1, 0.15) is 16.7 Å². The molecule has 0 unspecified atom stereocenters. The van der Waals surface area contributed by atoms with Crippen LogP contribution in [0.2, 0.25) is 0 Å². The van der Waals surface area contributed by atoms with Gasteiger partial charge in [0.25, 0.3) is 5.56 Å². The number of benzene rings is 2. The monoisotopic (exact) mass is 449 g/mol. The highest BCUT2D eigenvalue weighted by atomic mass is 32.2. The molecule has 0 bridgehead atoms. The van der Waals surface area contributed by atoms with Crippen LogP contribution in [-0.2, 0) is 18.4 Å². The first kappa shape index (κ1) is 21.3. The fourth-order valence-corrected chi connectivity index (χ4v) is 5.07. The molecule has 5 nitrogen and oxygen atoms in total. The Kier molecular flexibility index (Phi) is 6.25. The summed E-state index contributed by atoms with van der Waals surface area (Å²) >= 11 is 2.73. The number of nitrogens with one attached hydrogen (secondary N) is 1. The first-order chi connectivity index (χ1) is 14.9. The number of fused-ring (bicyclic) bond motifs is 1. The number of thioether (sulfide) groups is 1. The Labute approximate surface area is 189 Å². The molecule has 0 aliphatic carbocycles. The van der Waals surface area contributed by atoms with Crippen molar-refractivity contribution in [3.63, 3.8) is 0 Å². The maximum atomic E-state index is 13.1. The van der Waals surface area contributed by atoms with Crippen LogP contribution in [0.3, 0.4) is 0 Å².